The van der Waals surface area contributed by atoms with Crippen molar-refractivity contribution in [3.8, 4) is 0 Å². The topological polar surface area (TPSA) is 53.3 Å². The Morgan fingerprint density at radius 1 is 1.50 bits per heavy atom. The number of hydrogen-bond donors (Lipinski definition) is 3. The SMILES string of the molecule is NCCCN1CCCNN1. The Morgan fingerprint density at radius 2 is 2.40 bits per heavy atom. The van der Waals surface area contributed by atoms with E-state index >= 15 is 0 Å². The maximum Gasteiger partial charge on any atom is 0.0156 e. The average Bonchev–Trinajstić information content (AvgIpc) is 2.03. The van der Waals surface area contributed by atoms with Crippen LogP contribution in [0.4, 0.5) is 0 Å². The van der Waals surface area contributed by atoms with Gasteiger partial charge in [-0.2, -0.15) is 5.53 Å². The molecule has 10 heavy (non-hydrogen) atoms. The molecule has 0 aromatic carbocycles. The Morgan fingerprint density at radius 3 is 3.00 bits per heavy atom. The average molecular weight is 144 g/mol. The molecule has 0 aromatic rings. The molecule has 0 atom stereocenters. The highest BCUT2D eigenvalue weighted by molar-refractivity contribution is 4.57. The van der Waals surface area contributed by atoms with Crippen LogP contribution in [0.5, 0.6) is 0 Å². The normalized spacial score (nSPS) is 21.3. The van der Waals surface area contributed by atoms with Crippen molar-refractivity contribution in [1.82, 2.24) is 16.0 Å². The van der Waals surface area contributed by atoms with E-state index in [0.29, 0.717) is 0 Å². The van der Waals surface area contributed by atoms with Crippen LogP contribution in [-0.2, 0) is 0 Å². The number of nitrogens with one attached hydrogen (secondary N) is 2. The molecular weight excluding hydrogens is 128 g/mol. The first kappa shape index (κ1) is 7.94. The van der Waals surface area contributed by atoms with Gasteiger partial charge in [-0.25, -0.2) is 10.4 Å². The number of nitrogens with two attached hydrogens (primary N) is 1. The minimum Gasteiger partial charge on any atom is -0.330 e. The summed E-state index contributed by atoms with van der Waals surface area (Å²) in [4.78, 5) is 0. The molecule has 60 valence electrons. The van der Waals surface area contributed by atoms with Gasteiger partial charge in [-0.05, 0) is 19.4 Å². The van der Waals surface area contributed by atoms with Crippen LogP contribution >= 0.6 is 0 Å². The summed E-state index contributed by atoms with van der Waals surface area (Å²) >= 11 is 0. The molecule has 0 radical (unpaired) electrons. The third-order valence-corrected chi connectivity index (χ3v) is 1.60. The van der Waals surface area contributed by atoms with Crippen molar-refractivity contribution in [3.05, 3.63) is 0 Å². The van der Waals surface area contributed by atoms with Gasteiger partial charge in [-0.15, -0.1) is 0 Å². The Kier molecular flexibility index (Phi) is 3.67. The summed E-state index contributed by atoms with van der Waals surface area (Å²) in [5, 5.41) is 2.16. The lowest BCUT2D eigenvalue weighted by molar-refractivity contribution is 0.116. The molecule has 0 unspecified atom stereocenters. The van der Waals surface area contributed by atoms with Crippen LogP contribution in [0.2, 0.25) is 0 Å². The van der Waals surface area contributed by atoms with E-state index in [9.17, 15) is 0 Å². The molecule has 1 rings (SSSR count). The van der Waals surface area contributed by atoms with Gasteiger partial charge in [0, 0.05) is 19.6 Å². The van der Waals surface area contributed by atoms with Crippen molar-refractivity contribution in [3.63, 3.8) is 0 Å². The van der Waals surface area contributed by atoms with E-state index in [-0.39, 0.29) is 0 Å². The fourth-order valence-corrected chi connectivity index (χ4v) is 1.03. The first-order valence-electron chi connectivity index (χ1n) is 3.87. The van der Waals surface area contributed by atoms with Crippen molar-refractivity contribution in [2.24, 2.45) is 5.73 Å². The lowest BCUT2D eigenvalue weighted by atomic mass is 10.3. The summed E-state index contributed by atoms with van der Waals surface area (Å²) < 4.78 is 0. The predicted octanol–water partition coefficient (Wildman–Crippen LogP) is -0.950. The zero-order valence-corrected chi connectivity index (χ0v) is 6.27. The molecule has 0 aliphatic carbocycles. The van der Waals surface area contributed by atoms with Crippen molar-refractivity contribution in [2.75, 3.05) is 26.2 Å². The van der Waals surface area contributed by atoms with Crippen molar-refractivity contribution in [1.29, 1.82) is 0 Å². The van der Waals surface area contributed by atoms with Crippen LogP contribution < -0.4 is 16.7 Å². The largest absolute Gasteiger partial charge is 0.330 e. The molecule has 4 heteroatoms. The summed E-state index contributed by atoms with van der Waals surface area (Å²) in [5.74, 6) is 0. The van der Waals surface area contributed by atoms with Gasteiger partial charge in [0.25, 0.3) is 0 Å². The second-order valence-corrected chi connectivity index (χ2v) is 2.52. The van der Waals surface area contributed by atoms with Crippen molar-refractivity contribution in [2.45, 2.75) is 12.8 Å². The first-order chi connectivity index (χ1) is 4.93. The summed E-state index contributed by atoms with van der Waals surface area (Å²) in [6.07, 6.45) is 2.28. The van der Waals surface area contributed by atoms with Crippen LogP contribution in [0.25, 0.3) is 0 Å². The molecule has 0 saturated carbocycles. The van der Waals surface area contributed by atoms with E-state index in [0.717, 1.165) is 32.6 Å². The Labute approximate surface area is 61.7 Å². The van der Waals surface area contributed by atoms with Gasteiger partial charge in [-0.1, -0.05) is 0 Å². The van der Waals surface area contributed by atoms with E-state index in [1.165, 1.54) is 6.42 Å². The molecule has 4 N–H and O–H groups in total. The number of rotatable bonds is 3. The highest BCUT2D eigenvalue weighted by Crippen LogP contribution is 1.91. The van der Waals surface area contributed by atoms with Crippen LogP contribution in [0, 0.1) is 0 Å². The molecule has 1 saturated heterocycles. The maximum atomic E-state index is 5.37. The molecule has 0 spiro atoms. The maximum absolute atomic E-state index is 5.37. The van der Waals surface area contributed by atoms with E-state index in [4.69, 9.17) is 5.73 Å². The zero-order chi connectivity index (χ0) is 7.23. The van der Waals surface area contributed by atoms with E-state index < -0.39 is 0 Å². The second-order valence-electron chi connectivity index (χ2n) is 2.52. The third kappa shape index (κ3) is 2.62. The van der Waals surface area contributed by atoms with Gasteiger partial charge in [0.05, 0.1) is 0 Å². The lowest BCUT2D eigenvalue weighted by Gasteiger charge is -2.27. The number of hydrogen-bond acceptors (Lipinski definition) is 4. The monoisotopic (exact) mass is 144 g/mol. The molecule has 0 aromatic heterocycles. The molecule has 1 aliphatic heterocycles. The second kappa shape index (κ2) is 4.62. The summed E-state index contributed by atoms with van der Waals surface area (Å²) in [5.41, 5.74) is 11.5. The predicted molar refractivity (Wildman–Crippen MR) is 41.0 cm³/mol. The summed E-state index contributed by atoms with van der Waals surface area (Å²) in [6.45, 7) is 4.02. The van der Waals surface area contributed by atoms with Gasteiger partial charge in [-0.3, -0.25) is 0 Å². The molecule has 1 heterocycles. The van der Waals surface area contributed by atoms with Gasteiger partial charge in [0.1, 0.15) is 0 Å². The molecule has 0 amide bonds. The zero-order valence-electron chi connectivity index (χ0n) is 6.27. The standard InChI is InChI=1S/C6H16N4/c7-3-1-5-10-6-2-4-8-9-10/h8-9H,1-7H2. The molecule has 0 bridgehead atoms. The Balaban J connectivity index is 2.02. The van der Waals surface area contributed by atoms with Gasteiger partial charge < -0.3 is 5.73 Å². The van der Waals surface area contributed by atoms with Crippen molar-refractivity contribution >= 4 is 0 Å². The Bertz CT molecular complexity index is 79.8. The molecule has 4 nitrogen and oxygen atoms in total. The fraction of sp³-hybridized carbons (Fsp3) is 1.00. The van der Waals surface area contributed by atoms with Gasteiger partial charge in [0.2, 0.25) is 0 Å². The third-order valence-electron chi connectivity index (χ3n) is 1.60. The van der Waals surface area contributed by atoms with Gasteiger partial charge in [0.15, 0.2) is 0 Å². The van der Waals surface area contributed by atoms with E-state index in [1.54, 1.807) is 0 Å². The van der Waals surface area contributed by atoms with E-state index in [2.05, 4.69) is 16.0 Å². The highest BCUT2D eigenvalue weighted by Gasteiger charge is 2.06. The highest BCUT2D eigenvalue weighted by atomic mass is 15.7. The Hall–Kier alpha value is -0.160. The quantitative estimate of drug-likeness (QED) is 0.478. The summed E-state index contributed by atoms with van der Waals surface area (Å²) in [7, 11) is 0. The minimum atomic E-state index is 0.776. The van der Waals surface area contributed by atoms with E-state index in [1.807, 2.05) is 0 Å². The lowest BCUT2D eigenvalue weighted by Crippen LogP contribution is -2.53. The minimum absolute atomic E-state index is 0.776. The van der Waals surface area contributed by atoms with Crippen molar-refractivity contribution < 1.29 is 0 Å². The summed E-state index contributed by atoms with van der Waals surface area (Å²) in [6, 6.07) is 0. The number of hydrazine groups is 2. The number of nitrogens with zero attached hydrogens (tertiary/aromatic N) is 1. The van der Waals surface area contributed by atoms with Crippen LogP contribution in [-0.4, -0.2) is 31.2 Å². The fourth-order valence-electron chi connectivity index (χ4n) is 1.03. The van der Waals surface area contributed by atoms with Crippen LogP contribution in [0.15, 0.2) is 0 Å². The van der Waals surface area contributed by atoms with Gasteiger partial charge >= 0.3 is 0 Å². The molecular formula is C6H16N4. The molecule has 1 aliphatic rings. The first-order valence-corrected chi connectivity index (χ1v) is 3.87. The van der Waals surface area contributed by atoms with Crippen LogP contribution in [0.1, 0.15) is 12.8 Å². The molecule has 1 fully saturated rings. The van der Waals surface area contributed by atoms with Crippen LogP contribution in [0.3, 0.4) is 0 Å². The smallest absolute Gasteiger partial charge is 0.0156 e.